The number of likely N-dealkylation sites (tertiary alicyclic amines) is 1. The summed E-state index contributed by atoms with van der Waals surface area (Å²) in [6.45, 7) is 3.99. The van der Waals surface area contributed by atoms with Crippen molar-refractivity contribution < 1.29 is 9.84 Å². The van der Waals surface area contributed by atoms with Crippen LogP contribution in [0, 0.1) is 11.8 Å². The monoisotopic (exact) mass is 242 g/mol. The Kier molecular flexibility index (Phi) is 4.42. The van der Waals surface area contributed by atoms with Crippen molar-refractivity contribution >= 4 is 0 Å². The molecular formula is C13H26N2O2. The van der Waals surface area contributed by atoms with Crippen LogP contribution in [0.5, 0.6) is 0 Å². The number of methoxy groups -OCH3 is 1. The van der Waals surface area contributed by atoms with Crippen LogP contribution in [0.4, 0.5) is 0 Å². The first-order valence-electron chi connectivity index (χ1n) is 6.79. The van der Waals surface area contributed by atoms with Gasteiger partial charge in [-0.3, -0.25) is 0 Å². The lowest BCUT2D eigenvalue weighted by Crippen LogP contribution is -2.56. The van der Waals surface area contributed by atoms with Crippen molar-refractivity contribution in [2.24, 2.45) is 17.6 Å². The summed E-state index contributed by atoms with van der Waals surface area (Å²) >= 11 is 0. The van der Waals surface area contributed by atoms with Gasteiger partial charge in [0, 0.05) is 20.2 Å². The highest BCUT2D eigenvalue weighted by Crippen LogP contribution is 2.38. The van der Waals surface area contributed by atoms with Gasteiger partial charge in [0.05, 0.1) is 18.8 Å². The Morgan fingerprint density at radius 1 is 1.41 bits per heavy atom. The largest absolute Gasteiger partial charge is 0.394 e. The SMILES string of the molecule is COCC1CCCN(CC(N)(CO)C2CC2)C1. The van der Waals surface area contributed by atoms with Crippen LogP contribution < -0.4 is 5.73 Å². The van der Waals surface area contributed by atoms with E-state index in [2.05, 4.69) is 4.90 Å². The maximum Gasteiger partial charge on any atom is 0.0626 e. The molecule has 17 heavy (non-hydrogen) atoms. The number of nitrogens with zero attached hydrogens (tertiary/aromatic N) is 1. The lowest BCUT2D eigenvalue weighted by molar-refractivity contribution is 0.0609. The normalized spacial score (nSPS) is 30.2. The standard InChI is InChI=1S/C13H26N2O2/c1-17-8-11-3-2-6-15(7-11)9-13(14,10-16)12-4-5-12/h11-12,16H,2-10,14H2,1H3. The van der Waals surface area contributed by atoms with Crippen molar-refractivity contribution in [1.82, 2.24) is 4.90 Å². The van der Waals surface area contributed by atoms with Crippen LogP contribution in [0.2, 0.25) is 0 Å². The van der Waals surface area contributed by atoms with Crippen LogP contribution in [0.1, 0.15) is 25.7 Å². The molecule has 1 saturated carbocycles. The highest BCUT2D eigenvalue weighted by atomic mass is 16.5. The topological polar surface area (TPSA) is 58.7 Å². The Balaban J connectivity index is 1.84. The molecular weight excluding hydrogens is 216 g/mol. The molecule has 0 aromatic carbocycles. The van der Waals surface area contributed by atoms with Gasteiger partial charge in [-0.1, -0.05) is 0 Å². The predicted octanol–water partition coefficient (Wildman–Crippen LogP) is 0.445. The van der Waals surface area contributed by atoms with E-state index in [0.29, 0.717) is 11.8 Å². The van der Waals surface area contributed by atoms with Crippen molar-refractivity contribution in [3.8, 4) is 0 Å². The average Bonchev–Trinajstić information content (AvgIpc) is 3.14. The fourth-order valence-electron chi connectivity index (χ4n) is 3.05. The molecule has 3 N–H and O–H groups in total. The summed E-state index contributed by atoms with van der Waals surface area (Å²) in [6, 6.07) is 0. The Morgan fingerprint density at radius 3 is 2.76 bits per heavy atom. The highest BCUT2D eigenvalue weighted by Gasteiger charge is 2.43. The molecule has 4 heteroatoms. The molecule has 1 aliphatic carbocycles. The van der Waals surface area contributed by atoms with Gasteiger partial charge in [-0.25, -0.2) is 0 Å². The van der Waals surface area contributed by atoms with Crippen LogP contribution in [0.25, 0.3) is 0 Å². The molecule has 2 atom stereocenters. The number of aliphatic hydroxyl groups excluding tert-OH is 1. The van der Waals surface area contributed by atoms with E-state index < -0.39 is 0 Å². The Bertz CT molecular complexity index is 244. The molecule has 1 aliphatic heterocycles. The van der Waals surface area contributed by atoms with Crippen molar-refractivity contribution in [1.29, 1.82) is 0 Å². The van der Waals surface area contributed by atoms with Crippen LogP contribution in [0.3, 0.4) is 0 Å². The number of nitrogens with two attached hydrogens (primary N) is 1. The van der Waals surface area contributed by atoms with Crippen LogP contribution >= 0.6 is 0 Å². The van der Waals surface area contributed by atoms with E-state index in [1.54, 1.807) is 7.11 Å². The fraction of sp³-hybridized carbons (Fsp3) is 1.00. The summed E-state index contributed by atoms with van der Waals surface area (Å²) in [5.41, 5.74) is 5.96. The number of hydrogen-bond acceptors (Lipinski definition) is 4. The van der Waals surface area contributed by atoms with Crippen LogP contribution in [-0.4, -0.2) is 55.5 Å². The smallest absolute Gasteiger partial charge is 0.0626 e. The summed E-state index contributed by atoms with van der Waals surface area (Å²) < 4.78 is 5.24. The molecule has 1 saturated heterocycles. The fourth-order valence-corrected chi connectivity index (χ4v) is 3.05. The molecule has 100 valence electrons. The summed E-state index contributed by atoms with van der Waals surface area (Å²) in [7, 11) is 1.77. The molecule has 0 bridgehead atoms. The van der Waals surface area contributed by atoms with E-state index >= 15 is 0 Å². The lowest BCUT2D eigenvalue weighted by atomic mass is 9.92. The van der Waals surface area contributed by atoms with Gasteiger partial charge in [0.25, 0.3) is 0 Å². The molecule has 2 unspecified atom stereocenters. The number of piperidine rings is 1. The van der Waals surface area contributed by atoms with Gasteiger partial charge in [-0.2, -0.15) is 0 Å². The minimum Gasteiger partial charge on any atom is -0.394 e. The number of rotatable bonds is 6. The van der Waals surface area contributed by atoms with E-state index in [0.717, 1.165) is 26.2 Å². The van der Waals surface area contributed by atoms with Gasteiger partial charge in [-0.15, -0.1) is 0 Å². The molecule has 2 aliphatic rings. The first-order chi connectivity index (χ1) is 8.18. The first kappa shape index (κ1) is 13.3. The molecule has 0 aromatic rings. The van der Waals surface area contributed by atoms with Crippen LogP contribution in [-0.2, 0) is 4.74 Å². The number of ether oxygens (including phenoxy) is 1. The van der Waals surface area contributed by atoms with E-state index in [9.17, 15) is 5.11 Å². The van der Waals surface area contributed by atoms with Crippen molar-refractivity contribution in [3.05, 3.63) is 0 Å². The van der Waals surface area contributed by atoms with E-state index in [1.165, 1.54) is 25.7 Å². The van der Waals surface area contributed by atoms with Gasteiger partial charge in [0.1, 0.15) is 0 Å². The maximum absolute atomic E-state index is 9.52. The second-order valence-electron chi connectivity index (χ2n) is 5.86. The zero-order valence-electron chi connectivity index (χ0n) is 10.9. The van der Waals surface area contributed by atoms with Gasteiger partial charge in [-0.05, 0) is 44.1 Å². The van der Waals surface area contributed by atoms with Crippen LogP contribution in [0.15, 0.2) is 0 Å². The summed E-state index contributed by atoms with van der Waals surface area (Å²) in [4.78, 5) is 2.42. The molecule has 2 fully saturated rings. The Labute approximate surface area is 104 Å². The number of aliphatic hydroxyl groups is 1. The van der Waals surface area contributed by atoms with Crippen molar-refractivity contribution in [2.75, 3.05) is 40.0 Å². The first-order valence-corrected chi connectivity index (χ1v) is 6.79. The summed E-state index contributed by atoms with van der Waals surface area (Å²) in [5.74, 6) is 1.17. The van der Waals surface area contributed by atoms with Crippen molar-refractivity contribution in [2.45, 2.75) is 31.2 Å². The third-order valence-electron chi connectivity index (χ3n) is 4.21. The van der Waals surface area contributed by atoms with Crippen molar-refractivity contribution in [3.63, 3.8) is 0 Å². The quantitative estimate of drug-likeness (QED) is 0.710. The Hall–Kier alpha value is -0.160. The van der Waals surface area contributed by atoms with E-state index in [1.807, 2.05) is 0 Å². The average molecular weight is 242 g/mol. The number of hydrogen-bond donors (Lipinski definition) is 2. The van der Waals surface area contributed by atoms with Gasteiger partial charge in [0.2, 0.25) is 0 Å². The van der Waals surface area contributed by atoms with Gasteiger partial charge in [0.15, 0.2) is 0 Å². The highest BCUT2D eigenvalue weighted by molar-refractivity contribution is 5.00. The molecule has 1 heterocycles. The molecule has 0 spiro atoms. The van der Waals surface area contributed by atoms with Gasteiger partial charge < -0.3 is 20.5 Å². The molecule has 4 nitrogen and oxygen atoms in total. The Morgan fingerprint density at radius 2 is 2.18 bits per heavy atom. The minimum absolute atomic E-state index is 0.114. The molecule has 0 aromatic heterocycles. The third-order valence-corrected chi connectivity index (χ3v) is 4.21. The van der Waals surface area contributed by atoms with Gasteiger partial charge >= 0.3 is 0 Å². The summed E-state index contributed by atoms with van der Waals surface area (Å²) in [5, 5.41) is 9.52. The van der Waals surface area contributed by atoms with E-state index in [4.69, 9.17) is 10.5 Å². The molecule has 0 amide bonds. The zero-order valence-corrected chi connectivity index (χ0v) is 10.9. The second kappa shape index (κ2) is 5.65. The summed E-state index contributed by atoms with van der Waals surface area (Å²) in [6.07, 6.45) is 4.85. The molecule has 2 rings (SSSR count). The lowest BCUT2D eigenvalue weighted by Gasteiger charge is -2.38. The molecule has 0 radical (unpaired) electrons. The zero-order chi connectivity index (χ0) is 12.3. The third kappa shape index (κ3) is 3.41. The van der Waals surface area contributed by atoms with E-state index in [-0.39, 0.29) is 12.1 Å². The second-order valence-corrected chi connectivity index (χ2v) is 5.86. The predicted molar refractivity (Wildman–Crippen MR) is 67.8 cm³/mol. The minimum atomic E-state index is -0.366. The maximum atomic E-state index is 9.52.